The Morgan fingerprint density at radius 1 is 1.57 bits per heavy atom. The molecule has 0 aliphatic heterocycles. The second-order valence-corrected chi connectivity index (χ2v) is 3.66. The predicted octanol–water partition coefficient (Wildman–Crippen LogP) is 3.07. The molecule has 0 aliphatic carbocycles. The second kappa shape index (κ2) is 5.01. The summed E-state index contributed by atoms with van der Waals surface area (Å²) in [6.07, 6.45) is 1.87. The van der Waals surface area contributed by atoms with Crippen molar-refractivity contribution < 1.29 is 4.42 Å². The maximum absolute atomic E-state index is 5.68. The molecule has 0 amide bonds. The third-order valence-electron chi connectivity index (χ3n) is 2.28. The highest BCUT2D eigenvalue weighted by Gasteiger charge is 2.12. The van der Waals surface area contributed by atoms with Crippen molar-refractivity contribution in [1.82, 2.24) is 5.32 Å². The van der Waals surface area contributed by atoms with Gasteiger partial charge in [-0.15, -0.1) is 6.58 Å². The number of hydrogen-bond acceptors (Lipinski definition) is 2. The minimum absolute atomic E-state index is 0.257. The van der Waals surface area contributed by atoms with Gasteiger partial charge in [0.2, 0.25) is 0 Å². The maximum atomic E-state index is 5.68. The van der Waals surface area contributed by atoms with Crippen LogP contribution < -0.4 is 5.32 Å². The van der Waals surface area contributed by atoms with E-state index >= 15 is 0 Å². The van der Waals surface area contributed by atoms with Gasteiger partial charge in [-0.05, 0) is 32.5 Å². The van der Waals surface area contributed by atoms with Crippen LogP contribution in [0.5, 0.6) is 0 Å². The standard InChI is InChI=1S/C12H19NO/c1-5-10-6-7-12(14-10)11(13-4)8-9(2)3/h6-7,11,13H,2,5,8H2,1,3-4H3. The van der Waals surface area contributed by atoms with Crippen molar-refractivity contribution in [2.24, 2.45) is 0 Å². The van der Waals surface area contributed by atoms with E-state index in [2.05, 4.69) is 18.8 Å². The van der Waals surface area contributed by atoms with Gasteiger partial charge in [-0.3, -0.25) is 0 Å². The van der Waals surface area contributed by atoms with Crippen LogP contribution in [0.2, 0.25) is 0 Å². The number of aryl methyl sites for hydroxylation is 1. The van der Waals surface area contributed by atoms with Crippen molar-refractivity contribution in [3.8, 4) is 0 Å². The fraction of sp³-hybridized carbons (Fsp3) is 0.500. The van der Waals surface area contributed by atoms with Gasteiger partial charge in [0.05, 0.1) is 6.04 Å². The van der Waals surface area contributed by atoms with Crippen LogP contribution in [0.4, 0.5) is 0 Å². The first kappa shape index (κ1) is 11.1. The van der Waals surface area contributed by atoms with Crippen molar-refractivity contribution in [2.75, 3.05) is 7.05 Å². The highest BCUT2D eigenvalue weighted by atomic mass is 16.3. The minimum Gasteiger partial charge on any atom is -0.464 e. The summed E-state index contributed by atoms with van der Waals surface area (Å²) >= 11 is 0. The van der Waals surface area contributed by atoms with E-state index in [-0.39, 0.29) is 6.04 Å². The SMILES string of the molecule is C=C(C)CC(NC)c1ccc(CC)o1. The topological polar surface area (TPSA) is 25.2 Å². The Morgan fingerprint density at radius 2 is 2.29 bits per heavy atom. The molecule has 0 fully saturated rings. The minimum atomic E-state index is 0.257. The van der Waals surface area contributed by atoms with Crippen molar-refractivity contribution >= 4 is 0 Å². The normalized spacial score (nSPS) is 12.8. The van der Waals surface area contributed by atoms with Crippen LogP contribution in [-0.4, -0.2) is 7.05 Å². The molecule has 2 nitrogen and oxygen atoms in total. The Hall–Kier alpha value is -1.02. The first-order valence-electron chi connectivity index (χ1n) is 5.07. The number of furan rings is 1. The van der Waals surface area contributed by atoms with Crippen LogP contribution in [0.15, 0.2) is 28.7 Å². The van der Waals surface area contributed by atoms with E-state index in [4.69, 9.17) is 4.42 Å². The highest BCUT2D eigenvalue weighted by Crippen LogP contribution is 2.22. The van der Waals surface area contributed by atoms with Gasteiger partial charge in [0.1, 0.15) is 11.5 Å². The van der Waals surface area contributed by atoms with Crippen molar-refractivity contribution in [3.63, 3.8) is 0 Å². The lowest BCUT2D eigenvalue weighted by molar-refractivity contribution is 0.406. The van der Waals surface area contributed by atoms with E-state index in [1.54, 1.807) is 0 Å². The van der Waals surface area contributed by atoms with Crippen molar-refractivity contribution in [1.29, 1.82) is 0 Å². The lowest BCUT2D eigenvalue weighted by Crippen LogP contribution is -2.15. The average molecular weight is 193 g/mol. The van der Waals surface area contributed by atoms with Crippen LogP contribution in [0.25, 0.3) is 0 Å². The molecule has 1 aromatic rings. The summed E-state index contributed by atoms with van der Waals surface area (Å²) in [6, 6.07) is 4.34. The number of hydrogen-bond donors (Lipinski definition) is 1. The molecule has 2 heteroatoms. The molecule has 0 bridgehead atoms. The largest absolute Gasteiger partial charge is 0.464 e. The summed E-state index contributed by atoms with van der Waals surface area (Å²) < 4.78 is 5.68. The molecule has 0 radical (unpaired) electrons. The summed E-state index contributed by atoms with van der Waals surface area (Å²) in [7, 11) is 1.95. The molecular weight excluding hydrogens is 174 g/mol. The summed E-state index contributed by atoms with van der Waals surface area (Å²) in [6.45, 7) is 8.04. The van der Waals surface area contributed by atoms with Gasteiger partial charge in [0.15, 0.2) is 0 Å². The fourth-order valence-corrected chi connectivity index (χ4v) is 1.47. The van der Waals surface area contributed by atoms with E-state index in [0.717, 1.165) is 24.4 Å². The monoisotopic (exact) mass is 193 g/mol. The van der Waals surface area contributed by atoms with E-state index in [1.165, 1.54) is 5.57 Å². The molecule has 1 aromatic heterocycles. The molecule has 1 heterocycles. The Labute approximate surface area is 86.0 Å². The molecule has 0 saturated heterocycles. The maximum Gasteiger partial charge on any atom is 0.121 e. The molecule has 0 aromatic carbocycles. The molecule has 0 spiro atoms. The van der Waals surface area contributed by atoms with Gasteiger partial charge in [-0.25, -0.2) is 0 Å². The number of rotatable bonds is 5. The zero-order valence-electron chi connectivity index (χ0n) is 9.26. The lowest BCUT2D eigenvalue weighted by atomic mass is 10.1. The van der Waals surface area contributed by atoms with Gasteiger partial charge >= 0.3 is 0 Å². The van der Waals surface area contributed by atoms with Crippen molar-refractivity contribution in [3.05, 3.63) is 35.8 Å². The first-order valence-corrected chi connectivity index (χ1v) is 5.07. The molecule has 0 aliphatic rings. The fourth-order valence-electron chi connectivity index (χ4n) is 1.47. The highest BCUT2D eigenvalue weighted by molar-refractivity contribution is 5.12. The smallest absolute Gasteiger partial charge is 0.121 e. The van der Waals surface area contributed by atoms with Crippen LogP contribution in [0.3, 0.4) is 0 Å². The van der Waals surface area contributed by atoms with Crippen LogP contribution in [0, 0.1) is 0 Å². The summed E-state index contributed by atoms with van der Waals surface area (Å²) in [4.78, 5) is 0. The Morgan fingerprint density at radius 3 is 2.71 bits per heavy atom. The Bertz CT molecular complexity index is 301. The Kier molecular flexibility index (Phi) is 3.96. The van der Waals surface area contributed by atoms with E-state index in [0.29, 0.717) is 0 Å². The molecule has 1 unspecified atom stereocenters. The average Bonchev–Trinajstić information content (AvgIpc) is 2.62. The quantitative estimate of drug-likeness (QED) is 0.727. The summed E-state index contributed by atoms with van der Waals surface area (Å²) in [5, 5.41) is 3.23. The van der Waals surface area contributed by atoms with Crippen LogP contribution in [0.1, 0.15) is 37.8 Å². The lowest BCUT2D eigenvalue weighted by Gasteiger charge is -2.13. The zero-order chi connectivity index (χ0) is 10.6. The molecule has 0 saturated carbocycles. The molecule has 1 atom stereocenters. The predicted molar refractivity (Wildman–Crippen MR) is 59.3 cm³/mol. The van der Waals surface area contributed by atoms with E-state index < -0.39 is 0 Å². The van der Waals surface area contributed by atoms with Crippen LogP contribution in [-0.2, 0) is 6.42 Å². The van der Waals surface area contributed by atoms with Gasteiger partial charge in [-0.1, -0.05) is 12.5 Å². The third-order valence-corrected chi connectivity index (χ3v) is 2.28. The molecular formula is C12H19NO. The van der Waals surface area contributed by atoms with Crippen LogP contribution >= 0.6 is 0 Å². The molecule has 1 N–H and O–H groups in total. The summed E-state index contributed by atoms with van der Waals surface area (Å²) in [5.74, 6) is 2.05. The van der Waals surface area contributed by atoms with E-state index in [9.17, 15) is 0 Å². The van der Waals surface area contributed by atoms with Gasteiger partial charge in [0, 0.05) is 6.42 Å². The molecule has 14 heavy (non-hydrogen) atoms. The van der Waals surface area contributed by atoms with Gasteiger partial charge in [0.25, 0.3) is 0 Å². The Balaban J connectivity index is 2.73. The van der Waals surface area contributed by atoms with Gasteiger partial charge < -0.3 is 9.73 Å². The zero-order valence-corrected chi connectivity index (χ0v) is 9.26. The number of nitrogens with one attached hydrogen (secondary N) is 1. The second-order valence-electron chi connectivity index (χ2n) is 3.66. The van der Waals surface area contributed by atoms with Crippen molar-refractivity contribution in [2.45, 2.75) is 32.7 Å². The van der Waals surface area contributed by atoms with E-state index in [1.807, 2.05) is 26.1 Å². The summed E-state index contributed by atoms with van der Waals surface area (Å²) in [5.41, 5.74) is 1.17. The third kappa shape index (κ3) is 2.74. The first-order chi connectivity index (χ1) is 6.67. The molecule has 1 rings (SSSR count). The van der Waals surface area contributed by atoms with Gasteiger partial charge in [-0.2, -0.15) is 0 Å². The molecule has 78 valence electrons.